The number of fused-ring (bicyclic) bond motifs is 2. The SMILES string of the molecule is CC(=O)N1CCC(CN2C(=O)C(C)(c3cccc(-c4cccc5[nH]ccc45)c3)N=C2N)CC1.CCOc1cccc(-c2cnc([C@]3(C)CC(=O)N(C)C(=O)N3)s2)c1.CN1C(=O)C(C2=CCN(c3ccccc3)CC2)[C@@](C)(c2cc(-c3cccc(C#N)c3)cs2)N=C1N.CN1C(=O)C[C@@](C)(C2CCCN(C(=O)c3ccc(-c4ccccc4)cc3)C2)N=C1N.CN1C(=O)C[C@@](C)(c2ccc3c(-c4ccsc4)nn(C)c3c2)N=C1N. The standard InChI is InChI=1S/C28H27N5OS.C26H29N5O2.C24H28N4O2.C18H19N5OS.C17H19N3O3S/c1-28(24-16-22(18-35-24)21-8-6-7-19(15-21)17-29)25(26(34)32(2)27(30)31-28)20-11-13-33(14-12-20)23-9-4-3-5-10-23;1-17(32)30-13-10-18(11-14-30)16-31-24(33)26(2,29-25(31)27)20-6-3-5-19(15-20)21-7-4-8-23-22(21)9-12-28-23;1-24(15-21(29)27(2)23(25)26-24)20-9-6-14-28(16-20)22(30)19-12-10-18(11-13-19)17-7-4-3-5-8-17;1-18(9-15(24)22(2)17(19)20-18)12-4-5-13-14(8-12)23(3)21-16(13)11-6-7-25-10-11;1-4-23-12-7-5-6-11(8-12)13-10-18-15(24-13)17(2)9-14(21)20(3)16(22)19-17/h3-11,15-16,18,25H,12-14H2,1-2H3,(H2,30,31);3-9,12,15,18,28H,10-11,13-14,16H2,1-2H3,(H2,27,29);3-5,7-8,10-13,20H,6,9,14-16H2,1-2H3,(H2,25,26);4-8,10H,9H2,1-3H3,(H2,19,20);5-8,10H,4,9H2,1-3H3,(H,19,22)/t25?,28-;;20?,24-;18-;17-/m1.000/s1. The Labute approximate surface area is 867 Å². The van der Waals surface area contributed by atoms with Crippen LogP contribution in [-0.4, -0.2) is 211 Å². The van der Waals surface area contributed by atoms with Crippen LogP contribution in [-0.2, 0) is 58.0 Å². The summed E-state index contributed by atoms with van der Waals surface area (Å²) >= 11 is 4.71. The molecular weight excluding hydrogens is 1910 g/mol. The minimum atomic E-state index is -1.05. The van der Waals surface area contributed by atoms with E-state index in [1.807, 2.05) is 214 Å². The third-order valence-electron chi connectivity index (χ3n) is 29.3. The molecule has 147 heavy (non-hydrogen) atoms. The van der Waals surface area contributed by atoms with Gasteiger partial charge in [0.1, 0.15) is 22.0 Å². The third kappa shape index (κ3) is 21.6. The van der Waals surface area contributed by atoms with E-state index in [-0.39, 0.29) is 77.5 Å². The first kappa shape index (κ1) is 103. The quantitative estimate of drug-likeness (QED) is 0.0461. The first-order valence-electron chi connectivity index (χ1n) is 49.2. The number of nitrogens with one attached hydrogen (secondary N) is 2. The van der Waals surface area contributed by atoms with Gasteiger partial charge in [0, 0.05) is 150 Å². The number of amides is 9. The van der Waals surface area contributed by atoms with Crippen molar-refractivity contribution in [1.82, 2.24) is 59.4 Å². The maximum atomic E-state index is 13.6. The van der Waals surface area contributed by atoms with Gasteiger partial charge in [-0.15, -0.1) is 22.7 Å². The van der Waals surface area contributed by atoms with Gasteiger partial charge in [-0.1, -0.05) is 139 Å². The second-order valence-electron chi connectivity index (χ2n) is 39.3. The molecule has 31 nitrogen and oxygen atoms in total. The van der Waals surface area contributed by atoms with Crippen molar-refractivity contribution in [2.45, 2.75) is 128 Å². The summed E-state index contributed by atoms with van der Waals surface area (Å²) in [4.78, 5) is 142. The number of likely N-dealkylation sites (tertiary alicyclic amines) is 2. The first-order valence-corrected chi connectivity index (χ1v) is 51.9. The van der Waals surface area contributed by atoms with Crippen molar-refractivity contribution < 1.29 is 43.1 Å². The van der Waals surface area contributed by atoms with Crippen LogP contribution in [0.2, 0.25) is 0 Å². The number of ether oxygens (including phenoxy) is 1. The van der Waals surface area contributed by atoms with E-state index < -0.39 is 39.6 Å². The molecule has 0 radical (unpaired) electrons. The van der Waals surface area contributed by atoms with Crippen molar-refractivity contribution in [3.8, 4) is 66.9 Å². The minimum Gasteiger partial charge on any atom is -0.494 e. The summed E-state index contributed by atoms with van der Waals surface area (Å²) in [6.45, 7) is 18.7. The number of nitrogens with zero attached hydrogens (tertiary/aromatic N) is 16. The molecule has 3 unspecified atom stereocenters. The lowest BCUT2D eigenvalue weighted by Crippen LogP contribution is -2.57. The summed E-state index contributed by atoms with van der Waals surface area (Å²) in [6.07, 6.45) is 11.0. The van der Waals surface area contributed by atoms with Crippen LogP contribution in [0.4, 0.5) is 10.5 Å². The molecular formula is C113H122N22O9S3. The van der Waals surface area contributed by atoms with E-state index >= 15 is 0 Å². The molecule has 0 saturated carbocycles. The summed E-state index contributed by atoms with van der Waals surface area (Å²) in [5, 5.41) is 26.0. The lowest BCUT2D eigenvalue weighted by molar-refractivity contribution is -0.133. The lowest BCUT2D eigenvalue weighted by atomic mass is 9.75. The smallest absolute Gasteiger partial charge is 0.324 e. The monoisotopic (exact) mass is 2030 g/mol. The summed E-state index contributed by atoms with van der Waals surface area (Å²) < 4.78 is 7.40. The number of hydrogen-bond donors (Lipinski definition) is 6. The summed E-state index contributed by atoms with van der Waals surface area (Å²) in [5.74, 6) is 1.56. The molecule has 10 N–H and O–H groups in total. The Morgan fingerprint density at radius 2 is 1.27 bits per heavy atom. The van der Waals surface area contributed by atoms with E-state index in [0.717, 1.165) is 174 Å². The number of aromatic nitrogens is 4. The number of thiazole rings is 1. The summed E-state index contributed by atoms with van der Waals surface area (Å²) in [5.41, 5.74) is 37.4. The van der Waals surface area contributed by atoms with E-state index in [0.29, 0.717) is 54.6 Å². The first-order chi connectivity index (χ1) is 70.5. The van der Waals surface area contributed by atoms with Gasteiger partial charge in [-0.05, 0) is 225 Å². The zero-order chi connectivity index (χ0) is 104. The molecule has 756 valence electrons. The number of aliphatic imine (C=N–C) groups is 4. The number of rotatable bonds is 17. The molecule has 9 amide bonds. The predicted molar refractivity (Wildman–Crippen MR) is 581 cm³/mol. The fraction of sp³-hybridized carbons (Fsp3) is 0.319. The number of nitrogens with two attached hydrogens (primary N) is 4. The van der Waals surface area contributed by atoms with Gasteiger partial charge in [-0.25, -0.2) is 29.7 Å². The number of H-pyrrole nitrogens is 1. The van der Waals surface area contributed by atoms with Crippen LogP contribution in [0.1, 0.15) is 137 Å². The number of anilines is 1. The Morgan fingerprint density at radius 1 is 0.592 bits per heavy atom. The zero-order valence-corrected chi connectivity index (χ0v) is 87.0. The van der Waals surface area contributed by atoms with E-state index in [1.54, 1.807) is 67.9 Å². The number of urea groups is 1. The van der Waals surface area contributed by atoms with Crippen molar-refractivity contribution >= 4 is 133 Å². The molecule has 3 fully saturated rings. The summed E-state index contributed by atoms with van der Waals surface area (Å²) in [7, 11) is 8.40. The maximum absolute atomic E-state index is 13.6. The topological polar surface area (TPSA) is 408 Å². The van der Waals surface area contributed by atoms with Crippen LogP contribution >= 0.6 is 34.0 Å². The van der Waals surface area contributed by atoms with Crippen LogP contribution in [0.25, 0.3) is 76.9 Å². The number of guanidine groups is 4. The lowest BCUT2D eigenvalue weighted by Gasteiger charge is -2.43. The highest BCUT2D eigenvalue weighted by molar-refractivity contribution is 7.15. The number of piperidine rings is 2. The van der Waals surface area contributed by atoms with Gasteiger partial charge in [0.15, 0.2) is 29.4 Å². The van der Waals surface area contributed by atoms with Crippen molar-refractivity contribution in [2.75, 3.05) is 85.5 Å². The zero-order valence-electron chi connectivity index (χ0n) is 84.6. The number of carbonyl (C=O) groups excluding carboxylic acids is 8. The number of carbonyl (C=O) groups is 8. The second kappa shape index (κ2) is 42.9. The Balaban J connectivity index is 0.000000126. The highest BCUT2D eigenvalue weighted by Gasteiger charge is 2.51. The Morgan fingerprint density at radius 3 is 1.97 bits per heavy atom. The molecule has 34 heteroatoms. The number of imide groups is 1. The number of benzene rings is 8. The molecule has 5 aromatic heterocycles. The number of thiophene rings is 2. The molecule has 8 aliphatic rings. The normalized spacial score (nSPS) is 22.2. The molecule has 0 spiro atoms. The molecule has 3 saturated heterocycles. The van der Waals surface area contributed by atoms with Gasteiger partial charge in [0.05, 0.1) is 70.4 Å². The molecule has 8 aliphatic heterocycles. The molecule has 0 bridgehead atoms. The van der Waals surface area contributed by atoms with Crippen molar-refractivity contribution in [3.05, 3.63) is 285 Å². The molecule has 7 atom stereocenters. The van der Waals surface area contributed by atoms with Crippen molar-refractivity contribution in [3.63, 3.8) is 0 Å². The number of aromatic amines is 1. The number of nitriles is 1. The highest BCUT2D eigenvalue weighted by atomic mass is 32.1. The van der Waals surface area contributed by atoms with Gasteiger partial charge in [-0.3, -0.25) is 62.7 Å². The van der Waals surface area contributed by atoms with Gasteiger partial charge >= 0.3 is 6.03 Å². The Bertz CT molecular complexity index is 7360. The van der Waals surface area contributed by atoms with Gasteiger partial charge in [0.25, 0.3) is 11.8 Å². The maximum Gasteiger partial charge on any atom is 0.324 e. The minimum absolute atomic E-state index is 0.0232. The molecule has 8 aromatic carbocycles. The molecule has 13 aromatic rings. The van der Waals surface area contributed by atoms with Crippen LogP contribution in [0.15, 0.2) is 272 Å². The number of aryl methyl sites for hydroxylation is 1. The van der Waals surface area contributed by atoms with Gasteiger partial charge < -0.3 is 52.7 Å². The molecule has 21 rings (SSSR count). The van der Waals surface area contributed by atoms with Crippen LogP contribution in [0, 0.1) is 29.1 Å². The fourth-order valence-corrected chi connectivity index (χ4v) is 23.1. The van der Waals surface area contributed by atoms with E-state index in [9.17, 15) is 43.6 Å². The molecule has 0 aliphatic carbocycles. The van der Waals surface area contributed by atoms with E-state index in [4.69, 9.17) is 32.7 Å². The molecule has 13 heterocycles. The van der Waals surface area contributed by atoms with Crippen molar-refractivity contribution in [1.29, 1.82) is 5.26 Å². The fourth-order valence-electron chi connectivity index (χ4n) is 20.4. The largest absolute Gasteiger partial charge is 0.494 e. The van der Waals surface area contributed by atoms with Gasteiger partial charge in [-0.2, -0.15) is 21.7 Å². The average Bonchev–Trinajstić information content (AvgIpc) is 1.71. The third-order valence-corrected chi connectivity index (χ3v) is 32.5. The Hall–Kier alpha value is -15.7. The Kier molecular flexibility index (Phi) is 30.0. The van der Waals surface area contributed by atoms with E-state index in [2.05, 4.69) is 130 Å². The van der Waals surface area contributed by atoms with Crippen molar-refractivity contribution in [2.24, 2.45) is 67.7 Å². The summed E-state index contributed by atoms with van der Waals surface area (Å²) in [6, 6.07) is 71.9. The predicted octanol–water partition coefficient (Wildman–Crippen LogP) is 17.0. The van der Waals surface area contributed by atoms with Crippen LogP contribution < -0.4 is 37.9 Å². The number of para-hydroxylation sites is 1. The van der Waals surface area contributed by atoms with Crippen LogP contribution in [0.3, 0.4) is 0 Å². The highest BCUT2D eigenvalue weighted by Crippen LogP contribution is 2.49. The average molecular weight is 2030 g/mol. The number of hydrogen-bond acceptors (Lipinski definition) is 24. The van der Waals surface area contributed by atoms with Gasteiger partial charge in [0.2, 0.25) is 29.5 Å². The van der Waals surface area contributed by atoms with E-state index in [1.165, 1.54) is 38.8 Å². The second-order valence-corrected chi connectivity index (χ2v) is 42.1. The van der Waals surface area contributed by atoms with Crippen LogP contribution in [0.5, 0.6) is 5.75 Å².